The normalized spacial score (nSPS) is 15.6. The molecule has 0 heterocycles. The molecule has 0 atom stereocenters. The number of aryl methyl sites for hydroxylation is 2. The van der Waals surface area contributed by atoms with E-state index in [4.69, 9.17) is 0 Å². The molecular formula is C15H22N2O. The van der Waals surface area contributed by atoms with E-state index in [1.807, 2.05) is 6.92 Å². The van der Waals surface area contributed by atoms with E-state index in [0.717, 1.165) is 19.4 Å². The second-order valence-corrected chi connectivity index (χ2v) is 4.95. The lowest BCUT2D eigenvalue weighted by atomic mass is 10.00. The van der Waals surface area contributed by atoms with Crippen molar-refractivity contribution >= 4 is 6.03 Å². The van der Waals surface area contributed by atoms with Crippen molar-refractivity contribution in [2.45, 2.75) is 32.6 Å². The van der Waals surface area contributed by atoms with Gasteiger partial charge in [0, 0.05) is 13.1 Å². The number of fused-ring (bicyclic) bond motifs is 1. The summed E-state index contributed by atoms with van der Waals surface area (Å²) in [6.45, 7) is 3.41. The van der Waals surface area contributed by atoms with Gasteiger partial charge in [0.05, 0.1) is 0 Å². The van der Waals surface area contributed by atoms with Crippen LogP contribution in [0.3, 0.4) is 0 Å². The van der Waals surface area contributed by atoms with Crippen molar-refractivity contribution in [3.8, 4) is 0 Å². The van der Waals surface area contributed by atoms with Gasteiger partial charge in [-0.2, -0.15) is 0 Å². The molecule has 0 fully saturated rings. The van der Waals surface area contributed by atoms with Gasteiger partial charge < -0.3 is 10.6 Å². The maximum absolute atomic E-state index is 11.4. The molecular weight excluding hydrogens is 224 g/mol. The van der Waals surface area contributed by atoms with Gasteiger partial charge in [-0.3, -0.25) is 0 Å². The number of hydrogen-bond acceptors (Lipinski definition) is 1. The second-order valence-electron chi connectivity index (χ2n) is 4.95. The van der Waals surface area contributed by atoms with Gasteiger partial charge in [-0.1, -0.05) is 24.3 Å². The smallest absolute Gasteiger partial charge is 0.314 e. The Hall–Kier alpha value is -1.51. The largest absolute Gasteiger partial charge is 0.338 e. The molecule has 1 aliphatic rings. The number of hydrogen-bond donors (Lipinski definition) is 2. The summed E-state index contributed by atoms with van der Waals surface area (Å²) in [5, 5.41) is 5.73. The number of rotatable bonds is 3. The molecule has 1 aromatic rings. The highest BCUT2D eigenvalue weighted by molar-refractivity contribution is 5.73. The maximum atomic E-state index is 11.4. The Bertz CT molecular complexity index is 376. The Balaban J connectivity index is 1.83. The van der Waals surface area contributed by atoms with Gasteiger partial charge in [0.15, 0.2) is 0 Å². The van der Waals surface area contributed by atoms with Crippen LogP contribution in [0.25, 0.3) is 0 Å². The second kappa shape index (κ2) is 6.43. The monoisotopic (exact) mass is 246 g/mol. The molecule has 1 aliphatic carbocycles. The van der Waals surface area contributed by atoms with Crippen LogP contribution in [0.1, 0.15) is 30.9 Å². The molecule has 1 aromatic carbocycles. The third kappa shape index (κ3) is 3.49. The predicted octanol–water partition coefficient (Wildman–Crippen LogP) is 2.50. The van der Waals surface area contributed by atoms with Crippen LogP contribution < -0.4 is 10.6 Å². The van der Waals surface area contributed by atoms with Crippen molar-refractivity contribution in [3.63, 3.8) is 0 Å². The fraction of sp³-hybridized carbons (Fsp3) is 0.533. The third-order valence-corrected chi connectivity index (χ3v) is 3.65. The first-order valence-electron chi connectivity index (χ1n) is 6.88. The molecule has 0 spiro atoms. The predicted molar refractivity (Wildman–Crippen MR) is 73.6 cm³/mol. The highest BCUT2D eigenvalue weighted by atomic mass is 16.2. The highest BCUT2D eigenvalue weighted by Gasteiger charge is 2.16. The van der Waals surface area contributed by atoms with E-state index < -0.39 is 0 Å². The number of benzene rings is 1. The van der Waals surface area contributed by atoms with Gasteiger partial charge in [-0.25, -0.2) is 4.79 Å². The average Bonchev–Trinajstić information content (AvgIpc) is 2.59. The molecule has 0 unspecified atom stereocenters. The summed E-state index contributed by atoms with van der Waals surface area (Å²) in [4.78, 5) is 11.4. The minimum Gasteiger partial charge on any atom is -0.338 e. The quantitative estimate of drug-likeness (QED) is 0.790. The molecule has 0 aliphatic heterocycles. The molecule has 2 amide bonds. The lowest BCUT2D eigenvalue weighted by molar-refractivity contribution is 0.238. The Morgan fingerprint density at radius 2 is 1.78 bits per heavy atom. The Labute approximate surface area is 109 Å². The standard InChI is InChI=1S/C15H22N2O/c1-2-16-15(18)17-11-12-7-9-13-5-3-4-6-14(13)10-8-12/h3-6,12H,2,7-11H2,1H3,(H2,16,17,18). The number of carbonyl (C=O) groups is 1. The van der Waals surface area contributed by atoms with Crippen LogP contribution in [0, 0.1) is 5.92 Å². The van der Waals surface area contributed by atoms with Crippen LogP contribution in [0.2, 0.25) is 0 Å². The topological polar surface area (TPSA) is 41.1 Å². The number of carbonyl (C=O) groups excluding carboxylic acids is 1. The van der Waals surface area contributed by atoms with Crippen molar-refractivity contribution in [2.24, 2.45) is 5.92 Å². The minimum atomic E-state index is -0.0424. The van der Waals surface area contributed by atoms with E-state index in [-0.39, 0.29) is 6.03 Å². The van der Waals surface area contributed by atoms with Crippen LogP contribution in [0.5, 0.6) is 0 Å². The van der Waals surface area contributed by atoms with Crippen LogP contribution >= 0.6 is 0 Å². The van der Waals surface area contributed by atoms with Crippen LogP contribution in [-0.2, 0) is 12.8 Å². The van der Waals surface area contributed by atoms with Gasteiger partial charge >= 0.3 is 6.03 Å². The molecule has 2 rings (SSSR count). The summed E-state index contributed by atoms with van der Waals surface area (Å²) in [5.41, 5.74) is 2.97. The lowest BCUT2D eigenvalue weighted by Gasteiger charge is -2.14. The third-order valence-electron chi connectivity index (χ3n) is 3.65. The Morgan fingerprint density at radius 1 is 1.17 bits per heavy atom. The first-order chi connectivity index (χ1) is 8.79. The Kier molecular flexibility index (Phi) is 4.62. The van der Waals surface area contributed by atoms with E-state index in [1.165, 1.54) is 24.0 Å². The summed E-state index contributed by atoms with van der Waals surface area (Å²) >= 11 is 0. The van der Waals surface area contributed by atoms with E-state index in [1.54, 1.807) is 0 Å². The summed E-state index contributed by atoms with van der Waals surface area (Å²) in [7, 11) is 0. The summed E-state index contributed by atoms with van der Waals surface area (Å²) in [5.74, 6) is 0.597. The molecule has 0 saturated carbocycles. The van der Waals surface area contributed by atoms with Crippen LogP contribution in [0.15, 0.2) is 24.3 Å². The summed E-state index contributed by atoms with van der Waals surface area (Å²) in [6, 6.07) is 8.65. The molecule has 0 aromatic heterocycles. The fourth-order valence-corrected chi connectivity index (χ4v) is 2.57. The van der Waals surface area contributed by atoms with Gasteiger partial charge in [0.1, 0.15) is 0 Å². The van der Waals surface area contributed by atoms with Gasteiger partial charge in [0.2, 0.25) is 0 Å². The van der Waals surface area contributed by atoms with Gasteiger partial charge in [0.25, 0.3) is 0 Å². The van der Waals surface area contributed by atoms with Crippen molar-refractivity contribution in [2.75, 3.05) is 13.1 Å². The van der Waals surface area contributed by atoms with Crippen molar-refractivity contribution in [1.29, 1.82) is 0 Å². The number of amides is 2. The molecule has 98 valence electrons. The molecule has 3 heteroatoms. The number of urea groups is 1. The Morgan fingerprint density at radius 3 is 2.33 bits per heavy atom. The van der Waals surface area contributed by atoms with Gasteiger partial charge in [-0.05, 0) is 49.7 Å². The van der Waals surface area contributed by atoms with Crippen molar-refractivity contribution < 1.29 is 4.79 Å². The summed E-state index contributed by atoms with van der Waals surface area (Å²) in [6.07, 6.45) is 4.61. The van der Waals surface area contributed by atoms with E-state index >= 15 is 0 Å². The molecule has 2 N–H and O–H groups in total. The van der Waals surface area contributed by atoms with Crippen LogP contribution in [0.4, 0.5) is 4.79 Å². The van der Waals surface area contributed by atoms with E-state index in [9.17, 15) is 4.79 Å². The van der Waals surface area contributed by atoms with Crippen molar-refractivity contribution in [1.82, 2.24) is 10.6 Å². The molecule has 0 saturated heterocycles. The highest BCUT2D eigenvalue weighted by Crippen LogP contribution is 2.23. The van der Waals surface area contributed by atoms with Gasteiger partial charge in [-0.15, -0.1) is 0 Å². The van der Waals surface area contributed by atoms with Crippen molar-refractivity contribution in [3.05, 3.63) is 35.4 Å². The minimum absolute atomic E-state index is 0.0424. The molecule has 18 heavy (non-hydrogen) atoms. The lowest BCUT2D eigenvalue weighted by Crippen LogP contribution is -2.38. The van der Waals surface area contributed by atoms with Crippen LogP contribution in [-0.4, -0.2) is 19.1 Å². The zero-order valence-corrected chi connectivity index (χ0v) is 11.0. The maximum Gasteiger partial charge on any atom is 0.314 e. The number of nitrogens with one attached hydrogen (secondary N) is 2. The first-order valence-corrected chi connectivity index (χ1v) is 6.88. The molecule has 3 nitrogen and oxygen atoms in total. The SMILES string of the molecule is CCNC(=O)NCC1CCc2ccccc2CC1. The first kappa shape index (κ1) is 12.9. The van der Waals surface area contributed by atoms with E-state index in [2.05, 4.69) is 34.9 Å². The summed E-state index contributed by atoms with van der Waals surface area (Å²) < 4.78 is 0. The fourth-order valence-electron chi connectivity index (χ4n) is 2.57. The van der Waals surface area contributed by atoms with E-state index in [0.29, 0.717) is 12.5 Å². The zero-order valence-electron chi connectivity index (χ0n) is 11.0. The average molecular weight is 246 g/mol. The molecule has 0 bridgehead atoms. The molecule has 0 radical (unpaired) electrons. The zero-order chi connectivity index (χ0) is 12.8.